The molecule has 0 aliphatic heterocycles. The molecule has 0 saturated heterocycles. The van der Waals surface area contributed by atoms with Gasteiger partial charge >= 0.3 is 5.97 Å². The molecular formula is C15H23NO3. The summed E-state index contributed by atoms with van der Waals surface area (Å²) in [5.41, 5.74) is -1.04. The Balaban J connectivity index is 2.01. The number of hydrogen-bond donors (Lipinski definition) is 2. The van der Waals surface area contributed by atoms with Gasteiger partial charge in [-0.2, -0.15) is 0 Å². The minimum absolute atomic E-state index is 0.00169. The Kier molecular flexibility index (Phi) is 4.27. The van der Waals surface area contributed by atoms with Crippen molar-refractivity contribution in [3.63, 3.8) is 0 Å². The topological polar surface area (TPSA) is 66.4 Å². The number of carbonyl (C=O) groups is 2. The molecule has 0 radical (unpaired) electrons. The molecule has 19 heavy (non-hydrogen) atoms. The van der Waals surface area contributed by atoms with Crippen LogP contribution in [0.25, 0.3) is 0 Å². The normalized spacial score (nSPS) is 34.2. The van der Waals surface area contributed by atoms with Crippen LogP contribution in [-0.4, -0.2) is 22.5 Å². The maximum atomic E-state index is 12.1. The van der Waals surface area contributed by atoms with E-state index in [1.807, 2.05) is 6.92 Å². The molecule has 0 spiro atoms. The van der Waals surface area contributed by atoms with Crippen LogP contribution in [0.5, 0.6) is 0 Å². The van der Waals surface area contributed by atoms with E-state index < -0.39 is 11.5 Å². The molecule has 0 aromatic carbocycles. The molecule has 4 nitrogen and oxygen atoms in total. The van der Waals surface area contributed by atoms with Crippen LogP contribution in [-0.2, 0) is 9.59 Å². The number of nitrogens with one attached hydrogen (secondary N) is 1. The predicted molar refractivity (Wildman–Crippen MR) is 72.6 cm³/mol. The molecule has 0 bridgehead atoms. The summed E-state index contributed by atoms with van der Waals surface area (Å²) >= 11 is 0. The first-order valence-electron chi connectivity index (χ1n) is 7.25. The molecule has 0 aromatic rings. The largest absolute Gasteiger partial charge is 0.479 e. The molecule has 3 atom stereocenters. The highest BCUT2D eigenvalue weighted by Gasteiger charge is 2.46. The number of carbonyl (C=O) groups excluding carboxylic acids is 1. The average molecular weight is 265 g/mol. The molecule has 2 aliphatic carbocycles. The fourth-order valence-electron chi connectivity index (χ4n) is 3.31. The maximum Gasteiger partial charge on any atom is 0.329 e. The van der Waals surface area contributed by atoms with E-state index in [4.69, 9.17) is 0 Å². The van der Waals surface area contributed by atoms with Crippen LogP contribution in [0.3, 0.4) is 0 Å². The Labute approximate surface area is 114 Å². The minimum atomic E-state index is -1.04. The second-order valence-corrected chi connectivity index (χ2v) is 5.94. The van der Waals surface area contributed by atoms with Gasteiger partial charge in [0.15, 0.2) is 0 Å². The van der Waals surface area contributed by atoms with Crippen molar-refractivity contribution in [3.05, 3.63) is 12.2 Å². The number of hydrogen-bond acceptors (Lipinski definition) is 2. The molecule has 106 valence electrons. The monoisotopic (exact) mass is 265 g/mol. The maximum absolute atomic E-state index is 12.1. The Bertz CT molecular complexity index is 391. The summed E-state index contributed by atoms with van der Waals surface area (Å²) in [6.07, 6.45) is 9.95. The fourth-order valence-corrected chi connectivity index (χ4v) is 3.31. The first kappa shape index (κ1) is 14.1. The van der Waals surface area contributed by atoms with Crippen LogP contribution in [0.15, 0.2) is 12.2 Å². The van der Waals surface area contributed by atoms with E-state index in [0.29, 0.717) is 12.8 Å². The van der Waals surface area contributed by atoms with Crippen LogP contribution in [0.2, 0.25) is 0 Å². The van der Waals surface area contributed by atoms with Gasteiger partial charge in [-0.25, -0.2) is 4.79 Å². The van der Waals surface area contributed by atoms with Gasteiger partial charge < -0.3 is 10.4 Å². The molecule has 1 saturated carbocycles. The molecule has 1 amide bonds. The number of amides is 1. The van der Waals surface area contributed by atoms with Gasteiger partial charge in [-0.1, -0.05) is 31.9 Å². The third kappa shape index (κ3) is 2.99. The van der Waals surface area contributed by atoms with Crippen LogP contribution < -0.4 is 5.32 Å². The molecule has 0 heterocycles. The van der Waals surface area contributed by atoms with Crippen molar-refractivity contribution in [2.75, 3.05) is 0 Å². The lowest BCUT2D eigenvalue weighted by molar-refractivity contribution is -0.152. The third-order valence-corrected chi connectivity index (χ3v) is 4.60. The molecule has 3 unspecified atom stereocenters. The summed E-state index contributed by atoms with van der Waals surface area (Å²) in [6.45, 7) is 1.93. The molecular weight excluding hydrogens is 242 g/mol. The van der Waals surface area contributed by atoms with Gasteiger partial charge in [-0.3, -0.25) is 4.79 Å². The van der Waals surface area contributed by atoms with Crippen molar-refractivity contribution in [3.8, 4) is 0 Å². The van der Waals surface area contributed by atoms with E-state index in [-0.39, 0.29) is 17.7 Å². The van der Waals surface area contributed by atoms with E-state index >= 15 is 0 Å². The molecule has 1 fully saturated rings. The highest BCUT2D eigenvalue weighted by Crippen LogP contribution is 2.34. The number of aliphatic carboxylic acids is 1. The van der Waals surface area contributed by atoms with Crippen LogP contribution in [0, 0.1) is 11.8 Å². The van der Waals surface area contributed by atoms with Gasteiger partial charge in [0.1, 0.15) is 5.54 Å². The minimum Gasteiger partial charge on any atom is -0.479 e. The number of carboxylic acid groups (broad SMARTS) is 1. The molecule has 2 N–H and O–H groups in total. The van der Waals surface area contributed by atoms with Crippen molar-refractivity contribution >= 4 is 11.9 Å². The third-order valence-electron chi connectivity index (χ3n) is 4.60. The van der Waals surface area contributed by atoms with E-state index in [1.165, 1.54) is 0 Å². The summed E-state index contributed by atoms with van der Waals surface area (Å²) in [7, 11) is 0. The van der Waals surface area contributed by atoms with Crippen LogP contribution in [0.1, 0.15) is 51.9 Å². The van der Waals surface area contributed by atoms with E-state index in [0.717, 1.165) is 32.1 Å². The molecule has 0 aromatic heterocycles. The Morgan fingerprint density at radius 3 is 2.74 bits per heavy atom. The fraction of sp³-hybridized carbons (Fsp3) is 0.733. The Morgan fingerprint density at radius 1 is 1.37 bits per heavy atom. The van der Waals surface area contributed by atoms with E-state index in [2.05, 4.69) is 17.5 Å². The smallest absolute Gasteiger partial charge is 0.329 e. The molecule has 2 aliphatic rings. The van der Waals surface area contributed by atoms with E-state index in [9.17, 15) is 14.7 Å². The summed E-state index contributed by atoms with van der Waals surface area (Å²) in [4.78, 5) is 23.7. The van der Waals surface area contributed by atoms with Gasteiger partial charge in [-0.05, 0) is 37.5 Å². The zero-order valence-electron chi connectivity index (χ0n) is 11.5. The average Bonchev–Trinajstić information content (AvgIpc) is 2.84. The Morgan fingerprint density at radius 2 is 2.16 bits per heavy atom. The van der Waals surface area contributed by atoms with Gasteiger partial charge in [0, 0.05) is 6.42 Å². The second-order valence-electron chi connectivity index (χ2n) is 5.94. The second kappa shape index (κ2) is 5.76. The predicted octanol–water partition coefficient (Wildman–Crippen LogP) is 2.49. The van der Waals surface area contributed by atoms with Crippen molar-refractivity contribution in [1.29, 1.82) is 0 Å². The van der Waals surface area contributed by atoms with E-state index in [1.54, 1.807) is 0 Å². The number of carboxylic acids is 1. The van der Waals surface area contributed by atoms with Crippen molar-refractivity contribution in [2.24, 2.45) is 11.8 Å². The van der Waals surface area contributed by atoms with Crippen molar-refractivity contribution < 1.29 is 14.7 Å². The van der Waals surface area contributed by atoms with Crippen molar-refractivity contribution in [2.45, 2.75) is 57.4 Å². The summed E-state index contributed by atoms with van der Waals surface area (Å²) < 4.78 is 0. The Hall–Kier alpha value is -1.32. The van der Waals surface area contributed by atoms with Gasteiger partial charge in [0.2, 0.25) is 5.91 Å². The zero-order valence-corrected chi connectivity index (χ0v) is 11.5. The quantitative estimate of drug-likeness (QED) is 0.767. The van der Waals surface area contributed by atoms with Crippen LogP contribution >= 0.6 is 0 Å². The SMILES string of the molecule is CC1CCCCC1(NC(=O)CC1C=CCC1)C(=O)O. The highest BCUT2D eigenvalue weighted by molar-refractivity contribution is 5.87. The van der Waals surface area contributed by atoms with Crippen molar-refractivity contribution in [1.82, 2.24) is 5.32 Å². The molecule has 2 rings (SSSR count). The first-order valence-corrected chi connectivity index (χ1v) is 7.25. The zero-order chi connectivity index (χ0) is 13.9. The van der Waals surface area contributed by atoms with Crippen LogP contribution in [0.4, 0.5) is 0 Å². The summed E-state index contributed by atoms with van der Waals surface area (Å²) in [5.74, 6) is -0.714. The lowest BCUT2D eigenvalue weighted by Gasteiger charge is -2.39. The first-order chi connectivity index (χ1) is 9.04. The number of rotatable bonds is 4. The van der Waals surface area contributed by atoms with Gasteiger partial charge in [0.05, 0.1) is 0 Å². The molecule has 4 heteroatoms. The summed E-state index contributed by atoms with van der Waals surface area (Å²) in [6, 6.07) is 0. The highest BCUT2D eigenvalue weighted by atomic mass is 16.4. The summed E-state index contributed by atoms with van der Waals surface area (Å²) in [5, 5.41) is 12.4. The standard InChI is InChI=1S/C15H23NO3/c1-11-6-4-5-9-15(11,14(18)19)16-13(17)10-12-7-2-3-8-12/h2,7,11-12H,3-6,8-10H2,1H3,(H,16,17)(H,18,19). The number of allylic oxidation sites excluding steroid dienone is 2. The van der Waals surface area contributed by atoms with Gasteiger partial charge in [-0.15, -0.1) is 0 Å². The van der Waals surface area contributed by atoms with Gasteiger partial charge in [0.25, 0.3) is 0 Å². The lowest BCUT2D eigenvalue weighted by atomic mass is 9.73. The lowest BCUT2D eigenvalue weighted by Crippen LogP contribution is -2.60.